The van der Waals surface area contributed by atoms with Gasteiger partial charge in [-0.25, -0.2) is 4.98 Å². The zero-order valence-electron chi connectivity index (χ0n) is 27.6. The minimum atomic E-state index is 0.836. The van der Waals surface area contributed by atoms with E-state index in [1.807, 2.05) is 6.07 Å². The van der Waals surface area contributed by atoms with Crippen molar-refractivity contribution in [3.63, 3.8) is 0 Å². The molecule has 0 atom stereocenters. The van der Waals surface area contributed by atoms with E-state index in [9.17, 15) is 0 Å². The van der Waals surface area contributed by atoms with Crippen molar-refractivity contribution >= 4 is 33.0 Å². The maximum absolute atomic E-state index is 6.74. The zero-order valence-corrected chi connectivity index (χ0v) is 27.6. The molecule has 0 aliphatic rings. The number of benzene rings is 6. The second-order valence-corrected chi connectivity index (χ2v) is 12.6. The van der Waals surface area contributed by atoms with Crippen LogP contribution in [0, 0.1) is 34.6 Å². The molecule has 0 bridgehead atoms. The van der Waals surface area contributed by atoms with Crippen LogP contribution in [0.2, 0.25) is 0 Å². The number of methoxy groups -OCH3 is 1. The van der Waals surface area contributed by atoms with E-state index in [4.69, 9.17) is 14.1 Å². The summed E-state index contributed by atoms with van der Waals surface area (Å²) in [5.74, 6) is 1.70. The van der Waals surface area contributed by atoms with Crippen LogP contribution >= 0.6 is 0 Å². The maximum atomic E-state index is 6.74. The molecule has 2 aromatic heterocycles. The van der Waals surface area contributed by atoms with Gasteiger partial charge >= 0.3 is 0 Å². The van der Waals surface area contributed by atoms with Gasteiger partial charge in [0.15, 0.2) is 0 Å². The Balaban J connectivity index is 1.36. The topological polar surface area (TPSA) is 40.2 Å². The van der Waals surface area contributed by atoms with Gasteiger partial charge in [0, 0.05) is 21.9 Å². The van der Waals surface area contributed by atoms with Gasteiger partial charge in [-0.05, 0) is 104 Å². The van der Waals surface area contributed by atoms with Gasteiger partial charge in [0.2, 0.25) is 0 Å². The van der Waals surface area contributed by atoms with Gasteiger partial charge in [-0.2, -0.15) is 0 Å². The molecule has 230 valence electrons. The molecule has 0 fully saturated rings. The number of nitrogens with zero attached hydrogens (tertiary/aromatic N) is 2. The van der Waals surface area contributed by atoms with Gasteiger partial charge in [-0.15, -0.1) is 0 Å². The first-order chi connectivity index (χ1) is 22.8. The molecule has 6 aromatic carbocycles. The van der Waals surface area contributed by atoms with Crippen LogP contribution in [0.3, 0.4) is 0 Å². The smallest absolute Gasteiger partial charge is 0.149 e. The number of fused-ring (bicyclic) bond motifs is 4. The van der Waals surface area contributed by atoms with Crippen LogP contribution in [0.1, 0.15) is 27.8 Å². The average Bonchev–Trinajstić information content (AvgIpc) is 3.64. The number of imidazole rings is 1. The fourth-order valence-corrected chi connectivity index (χ4v) is 7.39. The van der Waals surface area contributed by atoms with Crippen LogP contribution in [-0.2, 0) is 0 Å². The predicted octanol–water partition coefficient (Wildman–Crippen LogP) is 11.5. The number of hydrogen-bond donors (Lipinski definition) is 0. The van der Waals surface area contributed by atoms with E-state index < -0.39 is 0 Å². The Morgan fingerprint density at radius 2 is 1.28 bits per heavy atom. The first-order valence-corrected chi connectivity index (χ1v) is 16.1. The lowest BCUT2D eigenvalue weighted by Crippen LogP contribution is -2.05. The van der Waals surface area contributed by atoms with Crippen molar-refractivity contribution in [2.24, 2.45) is 0 Å². The molecule has 0 aliphatic carbocycles. The van der Waals surface area contributed by atoms with Gasteiger partial charge in [-0.3, -0.25) is 4.57 Å². The summed E-state index contributed by atoms with van der Waals surface area (Å²) in [7, 11) is 1.75. The largest absolute Gasteiger partial charge is 0.496 e. The Morgan fingerprint density at radius 3 is 1.98 bits per heavy atom. The lowest BCUT2D eigenvalue weighted by atomic mass is 9.95. The van der Waals surface area contributed by atoms with Crippen LogP contribution < -0.4 is 4.74 Å². The summed E-state index contributed by atoms with van der Waals surface area (Å²) in [6.07, 6.45) is 0. The molecule has 0 saturated carbocycles. The van der Waals surface area contributed by atoms with Gasteiger partial charge < -0.3 is 9.15 Å². The molecule has 4 heteroatoms. The number of aromatic nitrogens is 2. The number of furan rings is 1. The molecule has 0 unspecified atom stereocenters. The third-order valence-corrected chi connectivity index (χ3v) is 9.53. The molecule has 0 N–H and O–H groups in total. The summed E-state index contributed by atoms with van der Waals surface area (Å²) >= 11 is 0. The minimum absolute atomic E-state index is 0.836. The van der Waals surface area contributed by atoms with Crippen LogP contribution in [0.25, 0.3) is 72.3 Å². The van der Waals surface area contributed by atoms with E-state index in [1.54, 1.807) is 7.11 Å². The van der Waals surface area contributed by atoms with Crippen LogP contribution in [0.15, 0.2) is 114 Å². The van der Waals surface area contributed by atoms with E-state index in [-0.39, 0.29) is 0 Å². The highest BCUT2D eigenvalue weighted by atomic mass is 16.5. The molecule has 0 spiro atoms. The van der Waals surface area contributed by atoms with Crippen molar-refractivity contribution in [2.75, 3.05) is 7.11 Å². The molecule has 4 nitrogen and oxygen atoms in total. The van der Waals surface area contributed by atoms with Crippen molar-refractivity contribution in [3.05, 3.63) is 137 Å². The summed E-state index contributed by atoms with van der Waals surface area (Å²) in [5, 5.41) is 2.15. The second-order valence-electron chi connectivity index (χ2n) is 12.6. The summed E-state index contributed by atoms with van der Waals surface area (Å²) in [6, 6.07) is 38.7. The highest BCUT2D eigenvalue weighted by Crippen LogP contribution is 2.46. The first kappa shape index (κ1) is 28.8. The molecule has 2 heterocycles. The molecule has 0 amide bonds. The lowest BCUT2D eigenvalue weighted by molar-refractivity contribution is 0.409. The van der Waals surface area contributed by atoms with E-state index in [2.05, 4.69) is 142 Å². The van der Waals surface area contributed by atoms with Gasteiger partial charge in [0.1, 0.15) is 22.7 Å². The zero-order chi connectivity index (χ0) is 32.4. The Hall–Kier alpha value is -5.61. The summed E-state index contributed by atoms with van der Waals surface area (Å²) in [4.78, 5) is 5.31. The summed E-state index contributed by atoms with van der Waals surface area (Å²) in [6.45, 7) is 10.7. The van der Waals surface area contributed by atoms with Gasteiger partial charge in [0.05, 0.1) is 29.4 Å². The fraction of sp³-hybridized carbons (Fsp3) is 0.140. The van der Waals surface area contributed by atoms with Crippen molar-refractivity contribution in [2.45, 2.75) is 34.6 Å². The summed E-state index contributed by atoms with van der Waals surface area (Å²) < 4.78 is 15.1. The van der Waals surface area contributed by atoms with Crippen LogP contribution in [0.5, 0.6) is 5.75 Å². The predicted molar refractivity (Wildman–Crippen MR) is 195 cm³/mol. The number of aryl methyl sites for hydroxylation is 4. The van der Waals surface area contributed by atoms with Crippen molar-refractivity contribution in [1.29, 1.82) is 0 Å². The third-order valence-electron chi connectivity index (χ3n) is 9.53. The highest BCUT2D eigenvalue weighted by Gasteiger charge is 2.27. The molecule has 0 radical (unpaired) electrons. The molecule has 8 aromatic rings. The molecular weight excluding hydrogens is 576 g/mol. The van der Waals surface area contributed by atoms with Crippen molar-refractivity contribution in [1.82, 2.24) is 9.55 Å². The van der Waals surface area contributed by atoms with Gasteiger partial charge in [-0.1, -0.05) is 78.9 Å². The molecule has 0 aliphatic heterocycles. The summed E-state index contributed by atoms with van der Waals surface area (Å²) in [5.41, 5.74) is 16.2. The van der Waals surface area contributed by atoms with Crippen LogP contribution in [0.4, 0.5) is 0 Å². The quantitative estimate of drug-likeness (QED) is 0.194. The molecule has 47 heavy (non-hydrogen) atoms. The van der Waals surface area contributed by atoms with E-state index in [0.717, 1.165) is 72.5 Å². The Morgan fingerprint density at radius 1 is 0.638 bits per heavy atom. The standard InChI is InChI=1S/C43H36N2O2/c1-25-16-21-34-37(22-25)47-42-38(34)28(4)41(46-6)29(5)39(42)43-44-35-14-10-11-15-36(35)45(43)40-26(2)23-33(24-27(40)3)32-19-17-31(18-20-32)30-12-8-7-9-13-30/h7-24H,1-6H3. The minimum Gasteiger partial charge on any atom is -0.496 e. The number of para-hydroxylation sites is 2. The van der Waals surface area contributed by atoms with E-state index >= 15 is 0 Å². The third kappa shape index (κ3) is 4.55. The first-order valence-electron chi connectivity index (χ1n) is 16.1. The number of rotatable bonds is 5. The fourth-order valence-electron chi connectivity index (χ4n) is 7.39. The van der Waals surface area contributed by atoms with E-state index in [0.29, 0.717) is 0 Å². The van der Waals surface area contributed by atoms with Gasteiger partial charge in [0.25, 0.3) is 0 Å². The van der Waals surface area contributed by atoms with E-state index in [1.165, 1.54) is 33.4 Å². The highest BCUT2D eigenvalue weighted by molar-refractivity contribution is 6.13. The Bertz CT molecular complexity index is 2460. The SMILES string of the molecule is COc1c(C)c(-c2nc3ccccc3n2-c2c(C)cc(-c3ccc(-c4ccccc4)cc3)cc2C)c2oc3cc(C)ccc3c2c1C. The Labute approximate surface area is 274 Å². The lowest BCUT2D eigenvalue weighted by Gasteiger charge is -2.19. The maximum Gasteiger partial charge on any atom is 0.149 e. The molecule has 0 saturated heterocycles. The second kappa shape index (κ2) is 11.0. The number of ether oxygens (including phenoxy) is 1. The number of hydrogen-bond acceptors (Lipinski definition) is 3. The van der Waals surface area contributed by atoms with Crippen molar-refractivity contribution in [3.8, 4) is 45.1 Å². The average molecular weight is 613 g/mol. The van der Waals surface area contributed by atoms with Crippen molar-refractivity contribution < 1.29 is 9.15 Å². The molecular formula is C43H36N2O2. The normalized spacial score (nSPS) is 11.6. The van der Waals surface area contributed by atoms with Crippen LogP contribution in [-0.4, -0.2) is 16.7 Å². The molecule has 8 rings (SSSR count). The monoisotopic (exact) mass is 612 g/mol. The Kier molecular flexibility index (Phi) is 6.76.